The molecular weight excluding hydrogens is 176 g/mol. The molecule has 1 saturated heterocycles. The Morgan fingerprint density at radius 2 is 1.69 bits per heavy atom. The van der Waals surface area contributed by atoms with Gasteiger partial charge in [0.1, 0.15) is 18.3 Å². The maximum atomic E-state index is 9.57. The van der Waals surface area contributed by atoms with Gasteiger partial charge in [-0.1, -0.05) is 0 Å². The third-order valence-electron chi connectivity index (χ3n) is 2.29. The third-order valence-corrected chi connectivity index (χ3v) is 2.29. The summed E-state index contributed by atoms with van der Waals surface area (Å²) in [5.41, 5.74) is 0. The minimum absolute atomic E-state index is 0.452. The molecule has 0 aromatic carbocycles. The Hall–Kier alpha value is -0.200. The Labute approximate surface area is 77.2 Å². The maximum Gasteiger partial charge on any atom is 0.186 e. The molecule has 5 heteroatoms. The van der Waals surface area contributed by atoms with Crippen molar-refractivity contribution < 1.29 is 24.4 Å². The lowest BCUT2D eigenvalue weighted by molar-refractivity contribution is -0.291. The molecule has 1 heterocycles. The van der Waals surface area contributed by atoms with Crippen molar-refractivity contribution in [2.75, 3.05) is 14.2 Å². The van der Waals surface area contributed by atoms with Gasteiger partial charge in [-0.25, -0.2) is 0 Å². The van der Waals surface area contributed by atoms with Gasteiger partial charge in [-0.05, 0) is 6.92 Å². The van der Waals surface area contributed by atoms with E-state index >= 15 is 0 Å². The third kappa shape index (κ3) is 2.00. The van der Waals surface area contributed by atoms with Gasteiger partial charge >= 0.3 is 0 Å². The van der Waals surface area contributed by atoms with E-state index in [0.717, 1.165) is 0 Å². The van der Waals surface area contributed by atoms with Crippen molar-refractivity contribution in [2.24, 2.45) is 0 Å². The first-order valence-electron chi connectivity index (χ1n) is 4.19. The van der Waals surface area contributed by atoms with Crippen LogP contribution in [0.3, 0.4) is 0 Å². The minimum Gasteiger partial charge on any atom is -0.388 e. The quantitative estimate of drug-likeness (QED) is 0.594. The van der Waals surface area contributed by atoms with Crippen molar-refractivity contribution in [1.82, 2.24) is 0 Å². The zero-order valence-electron chi connectivity index (χ0n) is 8.01. The first kappa shape index (κ1) is 10.9. The SMILES string of the molecule is CO[C@@H]1O[C@@H](C)[C@H](O)[C@@H](O)[C@H]1OC. The number of rotatable bonds is 2. The summed E-state index contributed by atoms with van der Waals surface area (Å²) in [6, 6.07) is 0. The predicted molar refractivity (Wildman–Crippen MR) is 44.2 cm³/mol. The van der Waals surface area contributed by atoms with Crippen molar-refractivity contribution in [3.63, 3.8) is 0 Å². The minimum atomic E-state index is -0.973. The summed E-state index contributed by atoms with van der Waals surface area (Å²) in [6.07, 6.45) is -3.63. The molecule has 13 heavy (non-hydrogen) atoms. The van der Waals surface area contributed by atoms with Gasteiger partial charge in [-0.15, -0.1) is 0 Å². The van der Waals surface area contributed by atoms with Crippen molar-refractivity contribution in [2.45, 2.75) is 37.6 Å². The predicted octanol–water partition coefficient (Wildman–Crippen LogP) is -0.886. The van der Waals surface area contributed by atoms with Crippen molar-refractivity contribution in [3.8, 4) is 0 Å². The summed E-state index contributed by atoms with van der Waals surface area (Å²) in [5, 5.41) is 19.0. The van der Waals surface area contributed by atoms with E-state index in [1.54, 1.807) is 6.92 Å². The van der Waals surface area contributed by atoms with Gasteiger partial charge in [-0.2, -0.15) is 0 Å². The van der Waals surface area contributed by atoms with Gasteiger partial charge in [-0.3, -0.25) is 0 Å². The highest BCUT2D eigenvalue weighted by Crippen LogP contribution is 2.22. The molecule has 5 nitrogen and oxygen atoms in total. The zero-order valence-corrected chi connectivity index (χ0v) is 8.01. The second-order valence-corrected chi connectivity index (χ2v) is 3.13. The first-order valence-corrected chi connectivity index (χ1v) is 4.19. The molecule has 0 saturated carbocycles. The Morgan fingerprint density at radius 3 is 2.15 bits per heavy atom. The normalized spacial score (nSPS) is 46.4. The number of aliphatic hydroxyl groups is 2. The molecule has 0 aliphatic carbocycles. The monoisotopic (exact) mass is 192 g/mol. The Bertz CT molecular complexity index is 161. The molecule has 0 unspecified atom stereocenters. The number of aliphatic hydroxyl groups excluding tert-OH is 2. The van der Waals surface area contributed by atoms with Crippen molar-refractivity contribution in [3.05, 3.63) is 0 Å². The van der Waals surface area contributed by atoms with Crippen LogP contribution in [-0.4, -0.2) is 55.1 Å². The summed E-state index contributed by atoms with van der Waals surface area (Å²) in [6.45, 7) is 1.67. The van der Waals surface area contributed by atoms with Gasteiger partial charge in [0.05, 0.1) is 6.10 Å². The molecule has 5 atom stereocenters. The summed E-state index contributed by atoms with van der Waals surface area (Å²) in [7, 11) is 2.90. The lowest BCUT2D eigenvalue weighted by Gasteiger charge is -2.39. The summed E-state index contributed by atoms with van der Waals surface area (Å²) in [4.78, 5) is 0. The molecule has 2 N–H and O–H groups in total. The van der Waals surface area contributed by atoms with E-state index in [9.17, 15) is 10.2 Å². The maximum absolute atomic E-state index is 9.57. The van der Waals surface area contributed by atoms with E-state index in [2.05, 4.69) is 0 Å². The smallest absolute Gasteiger partial charge is 0.186 e. The zero-order chi connectivity index (χ0) is 10.0. The molecule has 0 spiro atoms. The molecule has 0 amide bonds. The van der Waals surface area contributed by atoms with Crippen LogP contribution < -0.4 is 0 Å². The fraction of sp³-hybridized carbons (Fsp3) is 1.00. The number of hydrogen-bond acceptors (Lipinski definition) is 5. The molecule has 0 radical (unpaired) electrons. The van der Waals surface area contributed by atoms with Gasteiger partial charge in [0.25, 0.3) is 0 Å². The molecular formula is C8H16O5. The van der Waals surface area contributed by atoms with Crippen molar-refractivity contribution >= 4 is 0 Å². The Balaban J connectivity index is 2.69. The van der Waals surface area contributed by atoms with Crippen molar-refractivity contribution in [1.29, 1.82) is 0 Å². The van der Waals surface area contributed by atoms with Crippen LogP contribution in [0.2, 0.25) is 0 Å². The molecule has 0 bridgehead atoms. The molecule has 1 rings (SSSR count). The largest absolute Gasteiger partial charge is 0.388 e. The second-order valence-electron chi connectivity index (χ2n) is 3.13. The topological polar surface area (TPSA) is 68.2 Å². The van der Waals surface area contributed by atoms with E-state index in [-0.39, 0.29) is 0 Å². The van der Waals surface area contributed by atoms with Gasteiger partial charge in [0, 0.05) is 14.2 Å². The highest BCUT2D eigenvalue weighted by molar-refractivity contribution is 4.87. The van der Waals surface area contributed by atoms with Crippen LogP contribution in [-0.2, 0) is 14.2 Å². The highest BCUT2D eigenvalue weighted by Gasteiger charge is 2.43. The fourth-order valence-electron chi connectivity index (χ4n) is 1.44. The molecule has 78 valence electrons. The van der Waals surface area contributed by atoms with E-state index in [1.807, 2.05) is 0 Å². The van der Waals surface area contributed by atoms with E-state index in [1.165, 1.54) is 14.2 Å². The molecule has 1 aliphatic heterocycles. The summed E-state index contributed by atoms with van der Waals surface area (Å²) < 4.78 is 15.2. The lowest BCUT2D eigenvalue weighted by atomic mass is 10.00. The van der Waals surface area contributed by atoms with E-state index in [4.69, 9.17) is 14.2 Å². The van der Waals surface area contributed by atoms with Crippen LogP contribution >= 0.6 is 0 Å². The van der Waals surface area contributed by atoms with E-state index < -0.39 is 30.7 Å². The highest BCUT2D eigenvalue weighted by atomic mass is 16.7. The van der Waals surface area contributed by atoms with Crippen LogP contribution in [0, 0.1) is 0 Å². The Kier molecular flexibility index (Phi) is 3.63. The standard InChI is InChI=1S/C8H16O5/c1-4-5(9)6(10)7(11-2)8(12-3)13-4/h4-10H,1-3H3/t4-,5-,6+,7+,8+/m0/s1. The van der Waals surface area contributed by atoms with Gasteiger partial charge < -0.3 is 24.4 Å². The van der Waals surface area contributed by atoms with Gasteiger partial charge in [0.2, 0.25) is 0 Å². The molecule has 0 aromatic rings. The van der Waals surface area contributed by atoms with Crippen LogP contribution in [0.15, 0.2) is 0 Å². The number of methoxy groups -OCH3 is 2. The first-order chi connectivity index (χ1) is 6.11. The van der Waals surface area contributed by atoms with Gasteiger partial charge in [0.15, 0.2) is 6.29 Å². The molecule has 1 fully saturated rings. The van der Waals surface area contributed by atoms with E-state index in [0.29, 0.717) is 0 Å². The van der Waals surface area contributed by atoms with Crippen LogP contribution in [0.1, 0.15) is 6.92 Å². The average Bonchev–Trinajstić information content (AvgIpc) is 2.13. The summed E-state index contributed by atoms with van der Waals surface area (Å²) in [5.74, 6) is 0. The average molecular weight is 192 g/mol. The second kappa shape index (κ2) is 4.34. The summed E-state index contributed by atoms with van der Waals surface area (Å²) >= 11 is 0. The number of hydrogen-bond donors (Lipinski definition) is 2. The Morgan fingerprint density at radius 1 is 1.08 bits per heavy atom. The lowest BCUT2D eigenvalue weighted by Crippen LogP contribution is -2.57. The van der Waals surface area contributed by atoms with Crippen LogP contribution in [0.5, 0.6) is 0 Å². The molecule has 1 aliphatic rings. The fourth-order valence-corrected chi connectivity index (χ4v) is 1.44. The van der Waals surface area contributed by atoms with Crippen LogP contribution in [0.25, 0.3) is 0 Å². The van der Waals surface area contributed by atoms with Crippen LogP contribution in [0.4, 0.5) is 0 Å². The molecule has 0 aromatic heterocycles. The number of ether oxygens (including phenoxy) is 3.